The van der Waals surface area contributed by atoms with Crippen molar-refractivity contribution in [2.24, 2.45) is 0 Å². The first-order chi connectivity index (χ1) is 4.34. The lowest BCUT2D eigenvalue weighted by molar-refractivity contribution is 0.0154. The van der Waals surface area contributed by atoms with Crippen molar-refractivity contribution in [1.29, 1.82) is 0 Å². The third-order valence-electron chi connectivity index (χ3n) is 1.65. The van der Waals surface area contributed by atoms with Crippen LogP contribution >= 0.6 is 0 Å². The molecule has 0 aliphatic carbocycles. The van der Waals surface area contributed by atoms with Gasteiger partial charge >= 0.3 is 0 Å². The summed E-state index contributed by atoms with van der Waals surface area (Å²) in [5.41, 5.74) is 0. The summed E-state index contributed by atoms with van der Waals surface area (Å²) in [5, 5.41) is 3.05. The van der Waals surface area contributed by atoms with Crippen LogP contribution in [0.25, 0.3) is 0 Å². The van der Waals surface area contributed by atoms with E-state index in [1.54, 1.807) is 7.11 Å². The predicted molar refractivity (Wildman–Crippen MR) is 33.2 cm³/mol. The van der Waals surface area contributed by atoms with Crippen molar-refractivity contribution in [3.8, 4) is 0 Å². The molecule has 9 heavy (non-hydrogen) atoms. The topological polar surface area (TPSA) is 21.3 Å². The number of halogens is 1. The van der Waals surface area contributed by atoms with E-state index in [0.29, 0.717) is 13.0 Å². The van der Waals surface area contributed by atoms with Crippen LogP contribution in [0.5, 0.6) is 0 Å². The van der Waals surface area contributed by atoms with Crippen LogP contribution in [0.4, 0.5) is 4.39 Å². The lowest BCUT2D eigenvalue weighted by atomic mass is 10.1. The van der Waals surface area contributed by atoms with Gasteiger partial charge in [0, 0.05) is 13.7 Å². The molecular formula is C6H12FNO. The summed E-state index contributed by atoms with van der Waals surface area (Å²) >= 11 is 0. The highest BCUT2D eigenvalue weighted by Gasteiger charge is 2.23. The van der Waals surface area contributed by atoms with E-state index in [4.69, 9.17) is 4.74 Å². The maximum absolute atomic E-state index is 12.7. The average Bonchev–Trinajstić information content (AvgIpc) is 1.89. The van der Waals surface area contributed by atoms with Crippen molar-refractivity contribution in [3.63, 3.8) is 0 Å². The summed E-state index contributed by atoms with van der Waals surface area (Å²) < 4.78 is 17.5. The Morgan fingerprint density at radius 1 is 1.67 bits per heavy atom. The van der Waals surface area contributed by atoms with Crippen LogP contribution in [0.2, 0.25) is 0 Å². The van der Waals surface area contributed by atoms with Gasteiger partial charge in [0.25, 0.3) is 0 Å². The van der Waals surface area contributed by atoms with Gasteiger partial charge in [-0.1, -0.05) is 0 Å². The number of methoxy groups -OCH3 is 1. The fraction of sp³-hybridized carbons (Fsp3) is 1.00. The fourth-order valence-electron chi connectivity index (χ4n) is 1.03. The monoisotopic (exact) mass is 133 g/mol. The largest absolute Gasteiger partial charge is 0.377 e. The molecule has 2 atom stereocenters. The Hall–Kier alpha value is -0.150. The van der Waals surface area contributed by atoms with E-state index < -0.39 is 6.17 Å². The lowest BCUT2D eigenvalue weighted by Crippen LogP contribution is -2.42. The molecule has 0 radical (unpaired) electrons. The minimum absolute atomic E-state index is 0.223. The van der Waals surface area contributed by atoms with Gasteiger partial charge in [0.1, 0.15) is 12.3 Å². The Balaban J connectivity index is 2.30. The van der Waals surface area contributed by atoms with E-state index in [0.717, 1.165) is 6.54 Å². The van der Waals surface area contributed by atoms with E-state index in [9.17, 15) is 4.39 Å². The first-order valence-corrected chi connectivity index (χ1v) is 3.22. The Labute approximate surface area is 54.4 Å². The van der Waals surface area contributed by atoms with Crippen LogP contribution in [-0.2, 0) is 4.74 Å². The quantitative estimate of drug-likeness (QED) is 0.556. The third-order valence-corrected chi connectivity index (χ3v) is 1.65. The van der Waals surface area contributed by atoms with Gasteiger partial charge in [0.2, 0.25) is 0 Å². The molecule has 1 aliphatic rings. The second kappa shape index (κ2) is 3.13. The molecule has 0 amide bonds. The molecule has 0 saturated carbocycles. The molecule has 1 rings (SSSR count). The second-order valence-corrected chi connectivity index (χ2v) is 2.28. The molecule has 2 nitrogen and oxygen atoms in total. The molecule has 0 aromatic carbocycles. The normalized spacial score (nSPS) is 36.7. The van der Waals surface area contributed by atoms with Crippen molar-refractivity contribution in [2.75, 3.05) is 20.2 Å². The maximum atomic E-state index is 12.7. The summed E-state index contributed by atoms with van der Waals surface area (Å²) in [4.78, 5) is 0. The summed E-state index contributed by atoms with van der Waals surface area (Å²) in [6.07, 6.45) is -0.409. The molecule has 0 aromatic heterocycles. The summed E-state index contributed by atoms with van der Waals surface area (Å²) in [7, 11) is 1.55. The zero-order chi connectivity index (χ0) is 6.69. The Kier molecular flexibility index (Phi) is 2.42. The zero-order valence-electron chi connectivity index (χ0n) is 5.56. The van der Waals surface area contributed by atoms with Gasteiger partial charge in [-0.2, -0.15) is 0 Å². The fourth-order valence-corrected chi connectivity index (χ4v) is 1.03. The molecule has 0 aromatic rings. The third kappa shape index (κ3) is 1.63. The number of nitrogens with one attached hydrogen (secondary N) is 1. The van der Waals surface area contributed by atoms with E-state index in [2.05, 4.69) is 5.32 Å². The molecule has 0 spiro atoms. The van der Waals surface area contributed by atoms with Crippen molar-refractivity contribution in [3.05, 3.63) is 0 Å². The highest BCUT2D eigenvalue weighted by molar-refractivity contribution is 4.77. The standard InChI is InChI=1S/C6H12FNO/c1-9-6-4-8-3-2-5(6)7/h5-6,8H,2-4H2,1H3. The molecule has 1 fully saturated rings. The highest BCUT2D eigenvalue weighted by atomic mass is 19.1. The van der Waals surface area contributed by atoms with Gasteiger partial charge < -0.3 is 10.1 Å². The van der Waals surface area contributed by atoms with Crippen molar-refractivity contribution in [1.82, 2.24) is 5.32 Å². The van der Waals surface area contributed by atoms with Crippen molar-refractivity contribution >= 4 is 0 Å². The average molecular weight is 133 g/mol. The van der Waals surface area contributed by atoms with Crippen molar-refractivity contribution in [2.45, 2.75) is 18.7 Å². The number of alkyl halides is 1. The number of piperidine rings is 1. The molecule has 1 heterocycles. The van der Waals surface area contributed by atoms with Crippen LogP contribution in [-0.4, -0.2) is 32.5 Å². The van der Waals surface area contributed by atoms with Gasteiger partial charge in [0.05, 0.1) is 0 Å². The van der Waals surface area contributed by atoms with Crippen LogP contribution < -0.4 is 5.32 Å². The van der Waals surface area contributed by atoms with Gasteiger partial charge in [-0.3, -0.25) is 0 Å². The summed E-state index contributed by atoms with van der Waals surface area (Å²) in [5.74, 6) is 0. The number of hydrogen-bond acceptors (Lipinski definition) is 2. The van der Waals surface area contributed by atoms with E-state index in [1.807, 2.05) is 0 Å². The van der Waals surface area contributed by atoms with Gasteiger partial charge in [-0.15, -0.1) is 0 Å². The SMILES string of the molecule is COC1CNCCC1F. The van der Waals surface area contributed by atoms with Crippen molar-refractivity contribution < 1.29 is 9.13 Å². The lowest BCUT2D eigenvalue weighted by Gasteiger charge is -2.24. The predicted octanol–water partition coefficient (Wildman–Crippen LogP) is 0.333. The Morgan fingerprint density at radius 2 is 2.44 bits per heavy atom. The number of hydrogen-bond donors (Lipinski definition) is 1. The highest BCUT2D eigenvalue weighted by Crippen LogP contribution is 2.09. The number of ether oxygens (including phenoxy) is 1. The molecule has 1 saturated heterocycles. The maximum Gasteiger partial charge on any atom is 0.129 e. The van der Waals surface area contributed by atoms with E-state index in [1.165, 1.54) is 0 Å². The van der Waals surface area contributed by atoms with Gasteiger partial charge in [0.15, 0.2) is 0 Å². The Bertz CT molecular complexity index is 89.1. The second-order valence-electron chi connectivity index (χ2n) is 2.28. The van der Waals surface area contributed by atoms with Gasteiger partial charge in [-0.25, -0.2) is 4.39 Å². The molecule has 54 valence electrons. The number of rotatable bonds is 1. The summed E-state index contributed by atoms with van der Waals surface area (Å²) in [6, 6.07) is 0. The molecule has 2 unspecified atom stereocenters. The van der Waals surface area contributed by atoms with E-state index >= 15 is 0 Å². The molecular weight excluding hydrogens is 121 g/mol. The Morgan fingerprint density at radius 3 is 2.89 bits per heavy atom. The van der Waals surface area contributed by atoms with Gasteiger partial charge in [-0.05, 0) is 13.0 Å². The van der Waals surface area contributed by atoms with Crippen LogP contribution in [0.1, 0.15) is 6.42 Å². The molecule has 0 bridgehead atoms. The first kappa shape index (κ1) is 6.96. The van der Waals surface area contributed by atoms with E-state index in [-0.39, 0.29) is 6.10 Å². The van der Waals surface area contributed by atoms with Crippen LogP contribution in [0.15, 0.2) is 0 Å². The van der Waals surface area contributed by atoms with Crippen LogP contribution in [0, 0.1) is 0 Å². The molecule has 3 heteroatoms. The minimum Gasteiger partial charge on any atom is -0.377 e. The van der Waals surface area contributed by atoms with Crippen LogP contribution in [0.3, 0.4) is 0 Å². The smallest absolute Gasteiger partial charge is 0.129 e. The minimum atomic E-state index is -0.767. The first-order valence-electron chi connectivity index (χ1n) is 3.22. The summed E-state index contributed by atoms with van der Waals surface area (Å²) in [6.45, 7) is 1.43. The zero-order valence-corrected chi connectivity index (χ0v) is 5.56. The molecule has 1 aliphatic heterocycles. The molecule has 1 N–H and O–H groups in total.